The van der Waals surface area contributed by atoms with Gasteiger partial charge in [0.1, 0.15) is 11.5 Å². The Morgan fingerprint density at radius 3 is 1.25 bits per heavy atom. The third kappa shape index (κ3) is 4.74. The van der Waals surface area contributed by atoms with Crippen LogP contribution in [0.4, 0.5) is 0 Å². The van der Waals surface area contributed by atoms with E-state index < -0.39 is 0 Å². The zero-order valence-electron chi connectivity index (χ0n) is 21.7. The summed E-state index contributed by atoms with van der Waals surface area (Å²) in [5.41, 5.74) is 2.90. The molecule has 0 fully saturated rings. The molecule has 0 bridgehead atoms. The molecule has 5 aromatic rings. The number of phenols is 2. The van der Waals surface area contributed by atoms with E-state index in [1.54, 1.807) is 0 Å². The Bertz CT molecular complexity index is 1410. The summed E-state index contributed by atoms with van der Waals surface area (Å²) < 4.78 is 0. The van der Waals surface area contributed by atoms with Crippen molar-refractivity contribution in [2.75, 3.05) is 0 Å². The maximum Gasteiger partial charge on any atom is 0.131 e. The van der Waals surface area contributed by atoms with Crippen molar-refractivity contribution in [2.24, 2.45) is 0 Å². The average Bonchev–Trinajstić information content (AvgIpc) is 2.90. The maximum absolute atomic E-state index is 11.3. The molecule has 0 amide bonds. The monoisotopic (exact) mass is 478 g/mol. The van der Waals surface area contributed by atoms with Gasteiger partial charge in [0.05, 0.1) is 0 Å². The van der Waals surface area contributed by atoms with E-state index in [2.05, 4.69) is 38.1 Å². The van der Waals surface area contributed by atoms with Gasteiger partial charge in [0.2, 0.25) is 0 Å². The number of benzene rings is 5. The SMILES string of the molecule is CCCCCCc1cc2cc3c(O)c4cc5ccccc5cc4c(O)c3cc2cc1CCCCCC. The molecule has 2 nitrogen and oxygen atoms in total. The van der Waals surface area contributed by atoms with Gasteiger partial charge in [-0.15, -0.1) is 0 Å². The molecular weight excluding hydrogens is 440 g/mol. The predicted octanol–water partition coefficient (Wildman–Crippen LogP) is 9.96. The molecule has 36 heavy (non-hydrogen) atoms. The van der Waals surface area contributed by atoms with Crippen molar-refractivity contribution in [1.29, 1.82) is 0 Å². The second kappa shape index (κ2) is 10.8. The van der Waals surface area contributed by atoms with E-state index in [4.69, 9.17) is 0 Å². The molecule has 0 aromatic heterocycles. The van der Waals surface area contributed by atoms with Crippen molar-refractivity contribution in [3.05, 3.63) is 71.8 Å². The molecule has 2 N–H and O–H groups in total. The Hall–Kier alpha value is -3.26. The fraction of sp³-hybridized carbons (Fsp3) is 0.353. The standard InChI is InChI=1S/C34H38O2/c1-3-5-7-9-13-23-17-27-21-31-32(22-28(27)18-24(23)14-10-8-6-4-2)34(36)30-20-26-16-12-11-15-25(26)19-29(30)33(31)35/h11-12,15-22,35-36H,3-10,13-14H2,1-2H3. The number of fused-ring (bicyclic) bond motifs is 4. The number of aromatic hydroxyl groups is 2. The lowest BCUT2D eigenvalue weighted by Gasteiger charge is -2.15. The number of aryl methyl sites for hydroxylation is 2. The molecule has 5 rings (SSSR count). The zero-order chi connectivity index (χ0) is 25.1. The quantitative estimate of drug-likeness (QED) is 0.119. The molecular formula is C34H38O2. The van der Waals surface area contributed by atoms with Crippen LogP contribution in [-0.4, -0.2) is 10.2 Å². The van der Waals surface area contributed by atoms with Crippen molar-refractivity contribution in [2.45, 2.75) is 78.1 Å². The van der Waals surface area contributed by atoms with Crippen molar-refractivity contribution in [3.8, 4) is 11.5 Å². The molecule has 0 saturated heterocycles. The van der Waals surface area contributed by atoms with Gasteiger partial charge in [0, 0.05) is 21.5 Å². The third-order valence-electron chi connectivity index (χ3n) is 7.80. The van der Waals surface area contributed by atoms with Crippen LogP contribution < -0.4 is 0 Å². The minimum atomic E-state index is 0.249. The lowest BCUT2D eigenvalue weighted by molar-refractivity contribution is 0.478. The normalized spacial score (nSPS) is 11.8. The van der Waals surface area contributed by atoms with Crippen molar-refractivity contribution in [1.82, 2.24) is 0 Å². The molecule has 0 spiro atoms. The number of rotatable bonds is 10. The van der Waals surface area contributed by atoms with Crippen LogP contribution in [0.1, 0.15) is 76.3 Å². The summed E-state index contributed by atoms with van der Waals surface area (Å²) >= 11 is 0. The first-order valence-corrected chi connectivity index (χ1v) is 13.9. The summed E-state index contributed by atoms with van der Waals surface area (Å²) in [6.07, 6.45) is 12.3. The lowest BCUT2D eigenvalue weighted by Crippen LogP contribution is -1.97. The van der Waals surface area contributed by atoms with Crippen molar-refractivity contribution in [3.63, 3.8) is 0 Å². The molecule has 2 heteroatoms. The summed E-state index contributed by atoms with van der Waals surface area (Å²) in [6.45, 7) is 4.52. The van der Waals surface area contributed by atoms with Gasteiger partial charge in [0.25, 0.3) is 0 Å². The van der Waals surface area contributed by atoms with E-state index in [1.165, 1.54) is 62.5 Å². The summed E-state index contributed by atoms with van der Waals surface area (Å²) in [5.74, 6) is 0.497. The van der Waals surface area contributed by atoms with E-state index in [0.717, 1.165) is 45.2 Å². The maximum atomic E-state index is 11.3. The van der Waals surface area contributed by atoms with Crippen LogP contribution >= 0.6 is 0 Å². The highest BCUT2D eigenvalue weighted by Gasteiger charge is 2.16. The molecule has 0 atom stereocenters. The highest BCUT2D eigenvalue weighted by Crippen LogP contribution is 2.44. The van der Waals surface area contributed by atoms with Crippen molar-refractivity contribution < 1.29 is 10.2 Å². The van der Waals surface area contributed by atoms with Gasteiger partial charge in [-0.25, -0.2) is 0 Å². The molecule has 0 radical (unpaired) electrons. The lowest BCUT2D eigenvalue weighted by atomic mass is 9.91. The number of hydrogen-bond donors (Lipinski definition) is 2. The van der Waals surface area contributed by atoms with Crippen LogP contribution in [0.15, 0.2) is 60.7 Å². The fourth-order valence-corrected chi connectivity index (χ4v) is 5.71. The number of phenolic OH excluding ortho intramolecular Hbond substituents is 2. The first-order chi connectivity index (χ1) is 17.6. The van der Waals surface area contributed by atoms with Crippen LogP contribution in [0.5, 0.6) is 11.5 Å². The van der Waals surface area contributed by atoms with E-state index in [-0.39, 0.29) is 11.5 Å². The van der Waals surface area contributed by atoms with Crippen LogP contribution in [0.25, 0.3) is 43.1 Å². The van der Waals surface area contributed by atoms with Crippen LogP contribution in [0, 0.1) is 0 Å². The minimum absolute atomic E-state index is 0.249. The second-order valence-electron chi connectivity index (χ2n) is 10.4. The summed E-state index contributed by atoms with van der Waals surface area (Å²) in [6, 6.07) is 20.9. The van der Waals surface area contributed by atoms with Gasteiger partial charge in [-0.2, -0.15) is 0 Å². The molecule has 0 aliphatic carbocycles. The van der Waals surface area contributed by atoms with Crippen LogP contribution in [0.2, 0.25) is 0 Å². The Balaban J connectivity index is 1.65. The highest BCUT2D eigenvalue weighted by atomic mass is 16.3. The summed E-state index contributed by atoms with van der Waals surface area (Å²) in [5, 5.41) is 29.9. The minimum Gasteiger partial charge on any atom is -0.507 e. The van der Waals surface area contributed by atoms with E-state index in [9.17, 15) is 10.2 Å². The van der Waals surface area contributed by atoms with Crippen molar-refractivity contribution >= 4 is 43.1 Å². The summed E-state index contributed by atoms with van der Waals surface area (Å²) in [4.78, 5) is 0. The fourth-order valence-electron chi connectivity index (χ4n) is 5.71. The Kier molecular flexibility index (Phi) is 7.32. The molecule has 0 aliphatic heterocycles. The first-order valence-electron chi connectivity index (χ1n) is 13.9. The average molecular weight is 479 g/mol. The van der Waals surface area contributed by atoms with E-state index >= 15 is 0 Å². The largest absolute Gasteiger partial charge is 0.507 e. The van der Waals surface area contributed by atoms with E-state index in [1.807, 2.05) is 36.4 Å². The van der Waals surface area contributed by atoms with Crippen LogP contribution in [-0.2, 0) is 12.8 Å². The Morgan fingerprint density at radius 2 is 0.861 bits per heavy atom. The third-order valence-corrected chi connectivity index (χ3v) is 7.80. The Labute approximate surface area is 214 Å². The number of unbranched alkanes of at least 4 members (excludes halogenated alkanes) is 6. The zero-order valence-corrected chi connectivity index (χ0v) is 21.7. The van der Waals surface area contributed by atoms with Gasteiger partial charge in [-0.1, -0.05) is 88.8 Å². The molecule has 0 unspecified atom stereocenters. The van der Waals surface area contributed by atoms with Gasteiger partial charge in [-0.3, -0.25) is 0 Å². The molecule has 186 valence electrons. The highest BCUT2D eigenvalue weighted by molar-refractivity contribution is 6.16. The van der Waals surface area contributed by atoms with Crippen LogP contribution in [0.3, 0.4) is 0 Å². The smallest absolute Gasteiger partial charge is 0.131 e. The first kappa shape index (κ1) is 24.4. The molecule has 0 heterocycles. The van der Waals surface area contributed by atoms with Gasteiger partial charge < -0.3 is 10.2 Å². The van der Waals surface area contributed by atoms with Gasteiger partial charge in [0.15, 0.2) is 0 Å². The molecule has 0 aliphatic rings. The second-order valence-corrected chi connectivity index (χ2v) is 10.4. The predicted molar refractivity (Wildman–Crippen MR) is 155 cm³/mol. The molecule has 5 aromatic carbocycles. The Morgan fingerprint density at radius 1 is 0.472 bits per heavy atom. The number of hydrogen-bond acceptors (Lipinski definition) is 2. The summed E-state index contributed by atoms with van der Waals surface area (Å²) in [7, 11) is 0. The van der Waals surface area contributed by atoms with E-state index in [0.29, 0.717) is 10.8 Å². The topological polar surface area (TPSA) is 40.5 Å². The van der Waals surface area contributed by atoms with Gasteiger partial charge >= 0.3 is 0 Å². The van der Waals surface area contributed by atoms with Gasteiger partial charge in [-0.05, 0) is 82.6 Å². The molecule has 0 saturated carbocycles.